The molecule has 0 bridgehead atoms. The standard InChI is InChI=1S/C23H13BrN2O6/c24-17-8-11-20(31-22(27)15-6-9-18(10-7-15)26(29)30)16(12-17)13-19-23(28)32-21(25-19)14-4-2-1-3-5-14/h1-13H/b19-13+. The van der Waals surface area contributed by atoms with Crippen LogP contribution in [-0.4, -0.2) is 22.8 Å². The predicted octanol–water partition coefficient (Wildman–Crippen LogP) is 4.92. The van der Waals surface area contributed by atoms with Crippen molar-refractivity contribution in [2.24, 2.45) is 4.99 Å². The number of carbonyl (C=O) groups excluding carboxylic acids is 2. The zero-order valence-electron chi connectivity index (χ0n) is 16.2. The third-order valence-corrected chi connectivity index (χ3v) is 4.92. The van der Waals surface area contributed by atoms with E-state index in [1.165, 1.54) is 30.3 Å². The van der Waals surface area contributed by atoms with Gasteiger partial charge in [-0.1, -0.05) is 34.1 Å². The second-order valence-corrected chi connectivity index (χ2v) is 7.49. The van der Waals surface area contributed by atoms with Crippen LogP contribution in [0.4, 0.5) is 5.69 Å². The Kier molecular flexibility index (Phi) is 5.91. The zero-order chi connectivity index (χ0) is 22.7. The molecule has 0 spiro atoms. The number of aliphatic imine (C=N–C) groups is 1. The van der Waals surface area contributed by atoms with Crippen molar-refractivity contribution in [3.05, 3.63) is 110 Å². The van der Waals surface area contributed by atoms with E-state index in [-0.39, 0.29) is 28.6 Å². The van der Waals surface area contributed by atoms with Crippen molar-refractivity contribution in [1.29, 1.82) is 0 Å². The molecule has 4 rings (SSSR count). The monoisotopic (exact) mass is 492 g/mol. The SMILES string of the molecule is O=C1OC(c2ccccc2)=N/C1=C/c1cc(Br)ccc1OC(=O)c1ccc([N+](=O)[O-])cc1. The van der Waals surface area contributed by atoms with Crippen molar-refractivity contribution >= 4 is 45.5 Å². The average Bonchev–Trinajstić information content (AvgIpc) is 3.16. The lowest BCUT2D eigenvalue weighted by Crippen LogP contribution is -2.09. The van der Waals surface area contributed by atoms with Crippen LogP contribution >= 0.6 is 15.9 Å². The first-order valence-corrected chi connectivity index (χ1v) is 10.0. The van der Waals surface area contributed by atoms with Crippen molar-refractivity contribution in [2.45, 2.75) is 0 Å². The van der Waals surface area contributed by atoms with Crippen molar-refractivity contribution in [3.63, 3.8) is 0 Å². The fraction of sp³-hybridized carbons (Fsp3) is 0. The molecule has 0 aromatic heterocycles. The van der Waals surface area contributed by atoms with Gasteiger partial charge < -0.3 is 9.47 Å². The molecule has 158 valence electrons. The van der Waals surface area contributed by atoms with E-state index in [0.717, 1.165) is 0 Å². The lowest BCUT2D eigenvalue weighted by Gasteiger charge is -2.08. The van der Waals surface area contributed by atoms with Gasteiger partial charge >= 0.3 is 11.9 Å². The third kappa shape index (κ3) is 4.62. The first kappa shape index (κ1) is 21.1. The third-order valence-electron chi connectivity index (χ3n) is 4.42. The van der Waals surface area contributed by atoms with Gasteiger partial charge in [-0.2, -0.15) is 0 Å². The Balaban J connectivity index is 1.62. The fourth-order valence-electron chi connectivity index (χ4n) is 2.86. The van der Waals surface area contributed by atoms with Crippen LogP contribution in [0, 0.1) is 10.1 Å². The molecule has 0 saturated heterocycles. The molecule has 0 radical (unpaired) electrons. The van der Waals surface area contributed by atoms with E-state index < -0.39 is 16.9 Å². The number of hydrogen-bond acceptors (Lipinski definition) is 7. The highest BCUT2D eigenvalue weighted by molar-refractivity contribution is 9.10. The number of non-ortho nitro benzene ring substituents is 1. The number of cyclic esters (lactones) is 1. The summed E-state index contributed by atoms with van der Waals surface area (Å²) >= 11 is 3.36. The number of halogens is 1. The largest absolute Gasteiger partial charge is 0.422 e. The summed E-state index contributed by atoms with van der Waals surface area (Å²) in [5, 5.41) is 10.8. The summed E-state index contributed by atoms with van der Waals surface area (Å²) in [6.45, 7) is 0. The minimum Gasteiger partial charge on any atom is -0.422 e. The summed E-state index contributed by atoms with van der Waals surface area (Å²) in [6, 6.07) is 18.9. The smallest absolute Gasteiger partial charge is 0.363 e. The maximum absolute atomic E-state index is 12.5. The molecule has 1 aliphatic rings. The van der Waals surface area contributed by atoms with Crippen LogP contribution in [0.1, 0.15) is 21.5 Å². The molecule has 0 atom stereocenters. The Morgan fingerprint density at radius 3 is 2.47 bits per heavy atom. The van der Waals surface area contributed by atoms with Gasteiger partial charge in [0.25, 0.3) is 5.69 Å². The van der Waals surface area contributed by atoms with E-state index in [0.29, 0.717) is 15.6 Å². The molecule has 1 heterocycles. The van der Waals surface area contributed by atoms with Crippen LogP contribution in [0.5, 0.6) is 5.75 Å². The summed E-state index contributed by atoms with van der Waals surface area (Å²) < 4.78 is 11.4. The van der Waals surface area contributed by atoms with Gasteiger partial charge in [0.05, 0.1) is 10.5 Å². The summed E-state index contributed by atoms with van der Waals surface area (Å²) in [6.07, 6.45) is 1.46. The minimum atomic E-state index is -0.704. The zero-order valence-corrected chi connectivity index (χ0v) is 17.8. The number of hydrogen-bond donors (Lipinski definition) is 0. The number of ether oxygens (including phenoxy) is 2. The van der Waals surface area contributed by atoms with Gasteiger partial charge in [0, 0.05) is 27.7 Å². The molecular weight excluding hydrogens is 480 g/mol. The van der Waals surface area contributed by atoms with Crippen molar-refractivity contribution < 1.29 is 24.0 Å². The molecule has 3 aromatic carbocycles. The quantitative estimate of drug-likeness (QED) is 0.164. The topological polar surface area (TPSA) is 108 Å². The van der Waals surface area contributed by atoms with Gasteiger partial charge in [0.1, 0.15) is 5.75 Å². The minimum absolute atomic E-state index is 0.0505. The molecule has 0 N–H and O–H groups in total. The number of nitrogens with zero attached hydrogens (tertiary/aromatic N) is 2. The highest BCUT2D eigenvalue weighted by Gasteiger charge is 2.25. The summed E-state index contributed by atoms with van der Waals surface area (Å²) in [7, 11) is 0. The predicted molar refractivity (Wildman–Crippen MR) is 119 cm³/mol. The number of benzene rings is 3. The molecule has 32 heavy (non-hydrogen) atoms. The number of nitro benzene ring substituents is 1. The number of carbonyl (C=O) groups is 2. The summed E-state index contributed by atoms with van der Waals surface area (Å²) in [5.41, 5.74) is 1.13. The first-order valence-electron chi connectivity index (χ1n) is 9.25. The second kappa shape index (κ2) is 8.94. The highest BCUT2D eigenvalue weighted by atomic mass is 79.9. The van der Waals surface area contributed by atoms with Gasteiger partial charge in [-0.25, -0.2) is 14.6 Å². The molecule has 0 aliphatic carbocycles. The summed E-state index contributed by atoms with van der Waals surface area (Å²) in [5.74, 6) is -0.970. The van der Waals surface area contributed by atoms with Crippen molar-refractivity contribution in [2.75, 3.05) is 0 Å². The lowest BCUT2D eigenvalue weighted by atomic mass is 10.1. The number of nitro groups is 1. The maximum atomic E-state index is 12.5. The first-order chi connectivity index (χ1) is 15.4. The average molecular weight is 493 g/mol. The Morgan fingerprint density at radius 1 is 1.06 bits per heavy atom. The van der Waals surface area contributed by atoms with E-state index >= 15 is 0 Å². The summed E-state index contributed by atoms with van der Waals surface area (Å²) in [4.78, 5) is 39.3. The van der Waals surface area contributed by atoms with Crippen LogP contribution in [0.3, 0.4) is 0 Å². The molecule has 9 heteroatoms. The fourth-order valence-corrected chi connectivity index (χ4v) is 3.24. The van der Waals surface area contributed by atoms with E-state index in [2.05, 4.69) is 20.9 Å². The van der Waals surface area contributed by atoms with Crippen LogP contribution in [0.25, 0.3) is 6.08 Å². The highest BCUT2D eigenvalue weighted by Crippen LogP contribution is 2.28. The maximum Gasteiger partial charge on any atom is 0.363 e. The normalized spacial score (nSPS) is 14.1. The van der Waals surface area contributed by atoms with E-state index in [1.807, 2.05) is 6.07 Å². The van der Waals surface area contributed by atoms with Crippen LogP contribution in [0.15, 0.2) is 88.0 Å². The molecule has 0 saturated carbocycles. The van der Waals surface area contributed by atoms with Gasteiger partial charge in [-0.05, 0) is 48.5 Å². The van der Waals surface area contributed by atoms with Crippen molar-refractivity contribution in [3.8, 4) is 5.75 Å². The van der Waals surface area contributed by atoms with Gasteiger partial charge in [0.2, 0.25) is 5.90 Å². The Bertz CT molecular complexity index is 1280. The van der Waals surface area contributed by atoms with E-state index in [9.17, 15) is 19.7 Å². The Hall–Kier alpha value is -4.11. The Labute approximate surface area is 190 Å². The van der Waals surface area contributed by atoms with Gasteiger partial charge in [-0.15, -0.1) is 0 Å². The number of rotatable bonds is 5. The van der Waals surface area contributed by atoms with E-state index in [1.54, 1.807) is 42.5 Å². The van der Waals surface area contributed by atoms with Gasteiger partial charge in [0.15, 0.2) is 5.70 Å². The number of esters is 2. The molecule has 0 unspecified atom stereocenters. The van der Waals surface area contributed by atoms with Crippen LogP contribution in [0.2, 0.25) is 0 Å². The van der Waals surface area contributed by atoms with Crippen molar-refractivity contribution in [1.82, 2.24) is 0 Å². The molecular formula is C23H13BrN2O6. The second-order valence-electron chi connectivity index (χ2n) is 6.58. The molecule has 0 amide bonds. The van der Waals surface area contributed by atoms with Crippen LogP contribution in [-0.2, 0) is 9.53 Å². The molecule has 8 nitrogen and oxygen atoms in total. The van der Waals surface area contributed by atoms with E-state index in [4.69, 9.17) is 9.47 Å². The Morgan fingerprint density at radius 2 is 1.78 bits per heavy atom. The molecule has 0 fully saturated rings. The molecule has 3 aromatic rings. The van der Waals surface area contributed by atoms with Crippen LogP contribution < -0.4 is 4.74 Å². The van der Waals surface area contributed by atoms with Gasteiger partial charge in [-0.3, -0.25) is 10.1 Å². The molecule has 1 aliphatic heterocycles. The lowest BCUT2D eigenvalue weighted by molar-refractivity contribution is -0.384.